The molecule has 1 aliphatic rings. The third-order valence-electron chi connectivity index (χ3n) is 6.25. The quantitative estimate of drug-likeness (QED) is 0.440. The van der Waals surface area contributed by atoms with E-state index >= 15 is 0 Å². The van der Waals surface area contributed by atoms with Crippen molar-refractivity contribution in [2.75, 3.05) is 13.2 Å². The fourth-order valence-corrected chi connectivity index (χ4v) is 4.32. The van der Waals surface area contributed by atoms with Gasteiger partial charge in [-0.15, -0.1) is 0 Å². The number of hydrazine groups is 1. The minimum Gasteiger partial charge on any atom is -0.455 e. The Morgan fingerprint density at radius 2 is 1.38 bits per heavy atom. The van der Waals surface area contributed by atoms with Crippen LogP contribution in [0.5, 0.6) is 0 Å². The third-order valence-corrected chi connectivity index (χ3v) is 6.25. The number of ether oxygens (including phenoxy) is 1. The molecule has 0 radical (unpaired) electrons. The molecule has 3 amide bonds. The van der Waals surface area contributed by atoms with Gasteiger partial charge in [0.1, 0.15) is 0 Å². The Kier molecular flexibility index (Phi) is 8.30. The van der Waals surface area contributed by atoms with Gasteiger partial charge in [-0.1, -0.05) is 91.0 Å². The van der Waals surface area contributed by atoms with Crippen molar-refractivity contribution in [1.82, 2.24) is 15.8 Å². The Morgan fingerprint density at radius 3 is 1.92 bits per heavy atom. The lowest BCUT2D eigenvalue weighted by Crippen LogP contribution is -2.45. The van der Waals surface area contributed by atoms with Crippen LogP contribution in [0.1, 0.15) is 42.0 Å². The van der Waals surface area contributed by atoms with Crippen molar-refractivity contribution in [2.45, 2.75) is 25.3 Å². The molecule has 37 heavy (non-hydrogen) atoms. The summed E-state index contributed by atoms with van der Waals surface area (Å²) in [6.45, 7) is 1.36. The van der Waals surface area contributed by atoms with E-state index < -0.39 is 36.2 Å². The average Bonchev–Trinajstić information content (AvgIpc) is 3.29. The molecule has 1 heterocycles. The molecular formula is C29H29N3O5. The lowest BCUT2D eigenvalue weighted by molar-refractivity contribution is -0.152. The molecule has 2 atom stereocenters. The second-order valence-corrected chi connectivity index (χ2v) is 8.94. The molecule has 0 saturated carbocycles. The van der Waals surface area contributed by atoms with E-state index in [-0.39, 0.29) is 24.9 Å². The predicted octanol–water partition coefficient (Wildman–Crippen LogP) is 3.12. The molecule has 3 aromatic rings. The first-order valence-electron chi connectivity index (χ1n) is 12.1. The van der Waals surface area contributed by atoms with Gasteiger partial charge in [0.05, 0.1) is 24.4 Å². The maximum Gasteiger partial charge on any atom is 0.311 e. The Bertz CT molecular complexity index is 1190. The molecule has 4 rings (SSSR count). The van der Waals surface area contributed by atoms with Crippen molar-refractivity contribution >= 4 is 23.7 Å². The molecule has 1 fully saturated rings. The highest BCUT2D eigenvalue weighted by atomic mass is 16.5. The summed E-state index contributed by atoms with van der Waals surface area (Å²) in [5.41, 5.74) is 5.17. The maximum absolute atomic E-state index is 13.3. The van der Waals surface area contributed by atoms with Crippen molar-refractivity contribution in [2.24, 2.45) is 5.92 Å². The molecule has 2 N–H and O–H groups in total. The molecule has 0 bridgehead atoms. The zero-order valence-corrected chi connectivity index (χ0v) is 20.5. The minimum absolute atomic E-state index is 0.0260. The minimum atomic E-state index is -0.779. The highest BCUT2D eigenvalue weighted by molar-refractivity contribution is 5.92. The molecule has 8 nitrogen and oxygen atoms in total. The van der Waals surface area contributed by atoms with Crippen molar-refractivity contribution in [3.05, 3.63) is 108 Å². The Hall–Kier alpha value is -4.46. The SMILES string of the molecule is C[C@@H](NC(=O)COC(=O)[C@@H]1CC(=O)N(NC(=O)C(c2ccccc2)c2ccccc2)C1)c1ccccc1. The number of nitrogens with zero attached hydrogens (tertiary/aromatic N) is 1. The molecule has 3 aromatic carbocycles. The standard InChI is InChI=1S/C29H29N3O5/c1-20(21-11-5-2-6-12-21)30-25(33)19-37-29(36)24-17-26(34)32(18-24)31-28(35)27(22-13-7-3-8-14-22)23-15-9-4-10-16-23/h2-16,20,24,27H,17-19H2,1H3,(H,30,33)(H,31,35)/t20-,24-/m1/s1. The molecule has 0 spiro atoms. The first kappa shape index (κ1) is 25.6. The van der Waals surface area contributed by atoms with Crippen LogP contribution in [-0.2, 0) is 23.9 Å². The maximum atomic E-state index is 13.3. The largest absolute Gasteiger partial charge is 0.455 e. The number of nitrogens with one attached hydrogen (secondary N) is 2. The predicted molar refractivity (Wildman–Crippen MR) is 137 cm³/mol. The van der Waals surface area contributed by atoms with Gasteiger partial charge < -0.3 is 10.1 Å². The molecule has 0 unspecified atom stereocenters. The van der Waals surface area contributed by atoms with E-state index in [4.69, 9.17) is 4.74 Å². The van der Waals surface area contributed by atoms with E-state index in [1.54, 1.807) is 0 Å². The monoisotopic (exact) mass is 499 g/mol. The van der Waals surface area contributed by atoms with E-state index in [2.05, 4.69) is 10.7 Å². The summed E-state index contributed by atoms with van der Waals surface area (Å²) in [5.74, 6) is -3.27. The second kappa shape index (κ2) is 12.0. The van der Waals surface area contributed by atoms with E-state index in [1.165, 1.54) is 0 Å². The van der Waals surface area contributed by atoms with Crippen molar-refractivity contribution in [1.29, 1.82) is 0 Å². The first-order valence-corrected chi connectivity index (χ1v) is 12.1. The zero-order valence-electron chi connectivity index (χ0n) is 20.5. The molecule has 0 aromatic heterocycles. The van der Waals surface area contributed by atoms with Crippen LogP contribution in [0.3, 0.4) is 0 Å². The number of carbonyl (C=O) groups excluding carboxylic acids is 4. The Labute approximate surface area is 215 Å². The summed E-state index contributed by atoms with van der Waals surface area (Å²) in [4.78, 5) is 50.7. The molecular weight excluding hydrogens is 470 g/mol. The van der Waals surface area contributed by atoms with Gasteiger partial charge in [-0.2, -0.15) is 0 Å². The van der Waals surface area contributed by atoms with Gasteiger partial charge in [-0.25, -0.2) is 0 Å². The Balaban J connectivity index is 1.32. The molecule has 190 valence electrons. The fourth-order valence-electron chi connectivity index (χ4n) is 4.32. The van der Waals surface area contributed by atoms with Gasteiger partial charge in [0, 0.05) is 6.42 Å². The number of hydrogen-bond donors (Lipinski definition) is 2. The van der Waals surface area contributed by atoms with Crippen LogP contribution < -0.4 is 10.7 Å². The van der Waals surface area contributed by atoms with Crippen molar-refractivity contribution in [3.63, 3.8) is 0 Å². The lowest BCUT2D eigenvalue weighted by atomic mass is 9.91. The first-order chi connectivity index (χ1) is 17.9. The molecule has 8 heteroatoms. The third kappa shape index (κ3) is 6.61. The number of carbonyl (C=O) groups is 4. The molecule has 1 saturated heterocycles. The highest BCUT2D eigenvalue weighted by Crippen LogP contribution is 2.26. The van der Waals surface area contributed by atoms with Crippen LogP contribution in [-0.4, -0.2) is 41.9 Å². The van der Waals surface area contributed by atoms with Crippen LogP contribution in [0.15, 0.2) is 91.0 Å². The second-order valence-electron chi connectivity index (χ2n) is 8.94. The van der Waals surface area contributed by atoms with Gasteiger partial charge in [0.15, 0.2) is 6.61 Å². The fraction of sp³-hybridized carbons (Fsp3) is 0.241. The highest BCUT2D eigenvalue weighted by Gasteiger charge is 2.37. The van der Waals surface area contributed by atoms with E-state index in [0.717, 1.165) is 21.7 Å². The summed E-state index contributed by atoms with van der Waals surface area (Å²) in [7, 11) is 0. The number of esters is 1. The summed E-state index contributed by atoms with van der Waals surface area (Å²) < 4.78 is 5.17. The zero-order chi connectivity index (χ0) is 26.2. The normalized spacial score (nSPS) is 15.8. The van der Waals surface area contributed by atoms with Crippen LogP contribution >= 0.6 is 0 Å². The topological polar surface area (TPSA) is 105 Å². The van der Waals surface area contributed by atoms with E-state index in [9.17, 15) is 19.2 Å². The molecule has 1 aliphatic heterocycles. The van der Waals surface area contributed by atoms with E-state index in [1.807, 2.05) is 97.9 Å². The van der Waals surface area contributed by atoms with Gasteiger partial charge in [-0.3, -0.25) is 29.6 Å². The number of hydrogen-bond acceptors (Lipinski definition) is 5. The van der Waals surface area contributed by atoms with Crippen molar-refractivity contribution < 1.29 is 23.9 Å². The lowest BCUT2D eigenvalue weighted by Gasteiger charge is -2.23. The van der Waals surface area contributed by atoms with E-state index in [0.29, 0.717) is 0 Å². The summed E-state index contributed by atoms with van der Waals surface area (Å²) >= 11 is 0. The molecule has 0 aliphatic carbocycles. The van der Waals surface area contributed by atoms with Gasteiger partial charge in [0.25, 0.3) is 11.8 Å². The summed E-state index contributed by atoms with van der Waals surface area (Å²) in [5, 5.41) is 3.94. The van der Waals surface area contributed by atoms with Crippen LogP contribution in [0.25, 0.3) is 0 Å². The summed E-state index contributed by atoms with van der Waals surface area (Å²) in [6.07, 6.45) is -0.109. The smallest absolute Gasteiger partial charge is 0.311 e. The number of amides is 3. The van der Waals surface area contributed by atoms with Crippen LogP contribution in [0.2, 0.25) is 0 Å². The average molecular weight is 500 g/mol. The van der Waals surface area contributed by atoms with Crippen LogP contribution in [0, 0.1) is 5.92 Å². The van der Waals surface area contributed by atoms with Gasteiger partial charge in [-0.05, 0) is 23.6 Å². The Morgan fingerprint density at radius 1 is 0.865 bits per heavy atom. The van der Waals surface area contributed by atoms with Gasteiger partial charge in [0.2, 0.25) is 5.91 Å². The number of rotatable bonds is 9. The van der Waals surface area contributed by atoms with Crippen LogP contribution in [0.4, 0.5) is 0 Å². The number of benzene rings is 3. The van der Waals surface area contributed by atoms with Crippen molar-refractivity contribution in [3.8, 4) is 0 Å². The van der Waals surface area contributed by atoms with Gasteiger partial charge >= 0.3 is 5.97 Å². The summed E-state index contributed by atoms with van der Waals surface area (Å²) in [6, 6.07) is 27.7.